The van der Waals surface area contributed by atoms with Crippen molar-refractivity contribution in [2.75, 3.05) is 18.4 Å². The summed E-state index contributed by atoms with van der Waals surface area (Å²) in [6.07, 6.45) is -0.187. The van der Waals surface area contributed by atoms with Gasteiger partial charge in [-0.1, -0.05) is 42.5 Å². The number of rotatable bonds is 3. The Kier molecular flexibility index (Phi) is 5.14. The average molecular weight is 338 g/mol. The summed E-state index contributed by atoms with van der Waals surface area (Å²) in [5.41, 5.74) is 2.26. The molecular weight excluding hydrogens is 316 g/mol. The number of carbonyl (C=O) groups excluding carboxylic acids is 2. The number of hydrogen-bond acceptors (Lipinski definition) is 3. The van der Waals surface area contributed by atoms with Crippen LogP contribution in [0.25, 0.3) is 0 Å². The molecule has 5 heteroatoms. The highest BCUT2D eigenvalue weighted by molar-refractivity contribution is 5.96. The zero-order valence-corrected chi connectivity index (χ0v) is 14.4. The molecule has 1 N–H and O–H groups in total. The van der Waals surface area contributed by atoms with Gasteiger partial charge in [-0.15, -0.1) is 0 Å². The van der Waals surface area contributed by atoms with Gasteiger partial charge in [-0.2, -0.15) is 0 Å². The van der Waals surface area contributed by atoms with Gasteiger partial charge in [0.1, 0.15) is 6.10 Å². The van der Waals surface area contributed by atoms with Crippen molar-refractivity contribution in [3.05, 3.63) is 65.7 Å². The molecule has 5 nitrogen and oxygen atoms in total. The van der Waals surface area contributed by atoms with E-state index in [1.807, 2.05) is 37.3 Å². The van der Waals surface area contributed by atoms with Crippen molar-refractivity contribution in [2.45, 2.75) is 26.1 Å². The molecule has 1 aliphatic heterocycles. The molecule has 2 aromatic rings. The van der Waals surface area contributed by atoms with Crippen LogP contribution in [0.5, 0.6) is 0 Å². The lowest BCUT2D eigenvalue weighted by Crippen LogP contribution is -2.47. The number of amides is 2. The summed E-state index contributed by atoms with van der Waals surface area (Å²) in [5.74, 6) is -0.0276. The van der Waals surface area contributed by atoms with Crippen molar-refractivity contribution >= 4 is 17.5 Å². The lowest BCUT2D eigenvalue weighted by Gasteiger charge is -2.37. The van der Waals surface area contributed by atoms with Gasteiger partial charge >= 0.3 is 6.03 Å². The lowest BCUT2D eigenvalue weighted by molar-refractivity contribution is -0.0642. The second-order valence-electron chi connectivity index (χ2n) is 6.32. The molecule has 1 aliphatic rings. The molecule has 1 fully saturated rings. The third kappa shape index (κ3) is 4.25. The Bertz CT molecular complexity index is 761. The highest BCUT2D eigenvalue weighted by atomic mass is 16.5. The number of morpholine rings is 1. The van der Waals surface area contributed by atoms with E-state index < -0.39 is 0 Å². The van der Waals surface area contributed by atoms with Crippen molar-refractivity contribution in [3.8, 4) is 0 Å². The zero-order chi connectivity index (χ0) is 17.8. The summed E-state index contributed by atoms with van der Waals surface area (Å²) < 4.78 is 5.99. The molecule has 0 bridgehead atoms. The molecule has 2 atom stereocenters. The Morgan fingerprint density at radius 2 is 1.84 bits per heavy atom. The van der Waals surface area contributed by atoms with E-state index in [-0.39, 0.29) is 24.0 Å². The SMILES string of the molecule is CC(=O)c1cccc(NC(=O)N2C[C@H](C)O[C@@H](c3ccccc3)C2)c1. The van der Waals surface area contributed by atoms with Crippen LogP contribution in [0.1, 0.15) is 35.9 Å². The van der Waals surface area contributed by atoms with Gasteiger partial charge in [-0.05, 0) is 31.5 Å². The molecule has 25 heavy (non-hydrogen) atoms. The van der Waals surface area contributed by atoms with Crippen molar-refractivity contribution in [1.82, 2.24) is 4.90 Å². The first-order valence-electron chi connectivity index (χ1n) is 8.40. The Hall–Kier alpha value is -2.66. The molecule has 3 rings (SSSR count). The second-order valence-corrected chi connectivity index (χ2v) is 6.32. The molecule has 1 heterocycles. The van der Waals surface area contributed by atoms with Crippen LogP contribution < -0.4 is 5.32 Å². The number of Topliss-reactive ketones (excluding diaryl/α,β-unsaturated/α-hetero) is 1. The van der Waals surface area contributed by atoms with E-state index in [0.29, 0.717) is 24.3 Å². The summed E-state index contributed by atoms with van der Waals surface area (Å²) in [6, 6.07) is 16.7. The largest absolute Gasteiger partial charge is 0.367 e. The van der Waals surface area contributed by atoms with Crippen molar-refractivity contribution in [1.29, 1.82) is 0 Å². The number of ketones is 1. The quantitative estimate of drug-likeness (QED) is 0.864. The maximum Gasteiger partial charge on any atom is 0.322 e. The summed E-state index contributed by atoms with van der Waals surface area (Å²) in [7, 11) is 0. The topological polar surface area (TPSA) is 58.6 Å². The van der Waals surface area contributed by atoms with E-state index in [1.54, 1.807) is 29.2 Å². The summed E-state index contributed by atoms with van der Waals surface area (Å²) in [4.78, 5) is 25.9. The molecule has 130 valence electrons. The van der Waals surface area contributed by atoms with Gasteiger partial charge in [-0.3, -0.25) is 4.79 Å². The molecular formula is C20H22N2O3. The van der Waals surface area contributed by atoms with E-state index in [0.717, 1.165) is 5.56 Å². The first kappa shape index (κ1) is 17.2. The van der Waals surface area contributed by atoms with Crippen LogP contribution in [-0.4, -0.2) is 35.9 Å². The molecule has 2 amide bonds. The Morgan fingerprint density at radius 3 is 2.56 bits per heavy atom. The normalized spacial score (nSPS) is 20.2. The third-order valence-corrected chi connectivity index (χ3v) is 4.24. The molecule has 0 aromatic heterocycles. The van der Waals surface area contributed by atoms with Crippen LogP contribution >= 0.6 is 0 Å². The summed E-state index contributed by atoms with van der Waals surface area (Å²) in [5, 5.41) is 2.88. The van der Waals surface area contributed by atoms with E-state index in [2.05, 4.69) is 5.32 Å². The molecule has 0 radical (unpaired) electrons. The maximum absolute atomic E-state index is 12.6. The number of anilines is 1. The molecule has 2 aromatic carbocycles. The fourth-order valence-electron chi connectivity index (χ4n) is 2.99. The number of urea groups is 1. The van der Waals surface area contributed by atoms with Gasteiger partial charge in [0.2, 0.25) is 0 Å². The highest BCUT2D eigenvalue weighted by Gasteiger charge is 2.29. The van der Waals surface area contributed by atoms with Gasteiger partial charge in [-0.25, -0.2) is 4.79 Å². The van der Waals surface area contributed by atoms with Crippen LogP contribution in [-0.2, 0) is 4.74 Å². The van der Waals surface area contributed by atoms with E-state index in [1.165, 1.54) is 6.92 Å². The fraction of sp³-hybridized carbons (Fsp3) is 0.300. The van der Waals surface area contributed by atoms with Crippen molar-refractivity contribution < 1.29 is 14.3 Å². The number of benzene rings is 2. The first-order valence-corrected chi connectivity index (χ1v) is 8.40. The number of hydrogen-bond donors (Lipinski definition) is 1. The summed E-state index contributed by atoms with van der Waals surface area (Å²) in [6.45, 7) is 4.49. The monoisotopic (exact) mass is 338 g/mol. The van der Waals surface area contributed by atoms with E-state index in [4.69, 9.17) is 4.74 Å². The Morgan fingerprint density at radius 1 is 1.08 bits per heavy atom. The zero-order valence-electron chi connectivity index (χ0n) is 14.4. The summed E-state index contributed by atoms with van der Waals surface area (Å²) >= 11 is 0. The highest BCUT2D eigenvalue weighted by Crippen LogP contribution is 2.25. The van der Waals surface area contributed by atoms with Gasteiger partial charge in [0.25, 0.3) is 0 Å². The molecule has 0 saturated carbocycles. The van der Waals surface area contributed by atoms with Crippen molar-refractivity contribution in [2.24, 2.45) is 0 Å². The van der Waals surface area contributed by atoms with Crippen molar-refractivity contribution in [3.63, 3.8) is 0 Å². The minimum atomic E-state index is -0.184. The van der Waals surface area contributed by atoms with Crippen LogP contribution in [0.4, 0.5) is 10.5 Å². The number of nitrogens with zero attached hydrogens (tertiary/aromatic N) is 1. The van der Waals surface area contributed by atoms with Gasteiger partial charge in [0.15, 0.2) is 5.78 Å². The van der Waals surface area contributed by atoms with Crippen LogP contribution in [0, 0.1) is 0 Å². The van der Waals surface area contributed by atoms with Gasteiger partial charge < -0.3 is 15.0 Å². The Balaban J connectivity index is 1.71. The minimum Gasteiger partial charge on any atom is -0.367 e. The van der Waals surface area contributed by atoms with Crippen LogP contribution in [0.3, 0.4) is 0 Å². The van der Waals surface area contributed by atoms with Gasteiger partial charge in [0, 0.05) is 17.8 Å². The maximum atomic E-state index is 12.6. The molecule has 1 saturated heterocycles. The predicted molar refractivity (Wildman–Crippen MR) is 96.8 cm³/mol. The molecule has 0 spiro atoms. The van der Waals surface area contributed by atoms with Crippen LogP contribution in [0.2, 0.25) is 0 Å². The van der Waals surface area contributed by atoms with E-state index in [9.17, 15) is 9.59 Å². The van der Waals surface area contributed by atoms with E-state index >= 15 is 0 Å². The first-order chi connectivity index (χ1) is 12.0. The smallest absolute Gasteiger partial charge is 0.322 e. The number of nitrogens with one attached hydrogen (secondary N) is 1. The number of ether oxygens (including phenoxy) is 1. The van der Waals surface area contributed by atoms with Crippen LogP contribution in [0.15, 0.2) is 54.6 Å². The fourth-order valence-corrected chi connectivity index (χ4v) is 2.99. The standard InChI is InChI=1S/C20H22N2O3/c1-14-12-22(13-19(25-14)16-7-4-3-5-8-16)20(24)21-18-10-6-9-17(11-18)15(2)23/h3-11,14,19H,12-13H2,1-2H3,(H,21,24)/t14-,19+/m0/s1. The predicted octanol–water partition coefficient (Wildman–Crippen LogP) is 3.88. The minimum absolute atomic E-state index is 0.0276. The lowest BCUT2D eigenvalue weighted by atomic mass is 10.1. The molecule has 0 aliphatic carbocycles. The number of carbonyl (C=O) groups is 2. The third-order valence-electron chi connectivity index (χ3n) is 4.24. The second kappa shape index (κ2) is 7.49. The molecule has 0 unspecified atom stereocenters. The van der Waals surface area contributed by atoms with Gasteiger partial charge in [0.05, 0.1) is 12.6 Å². The average Bonchev–Trinajstić information content (AvgIpc) is 2.62. The Labute approximate surface area is 147 Å².